The van der Waals surface area contributed by atoms with Gasteiger partial charge in [-0.25, -0.2) is 9.67 Å². The molecule has 27 heavy (non-hydrogen) atoms. The van der Waals surface area contributed by atoms with Gasteiger partial charge in [0, 0.05) is 5.02 Å². The Morgan fingerprint density at radius 2 is 2.07 bits per heavy atom. The highest BCUT2D eigenvalue weighted by Gasteiger charge is 2.14. The predicted octanol–water partition coefficient (Wildman–Crippen LogP) is 1.45. The first-order chi connectivity index (χ1) is 13.1. The zero-order valence-corrected chi connectivity index (χ0v) is 15.7. The minimum atomic E-state index is -0.115. The molecule has 1 aromatic heterocycles. The van der Waals surface area contributed by atoms with E-state index in [1.54, 1.807) is 29.2 Å². The third kappa shape index (κ3) is 5.54. The molecule has 3 rings (SSSR count). The predicted molar refractivity (Wildman–Crippen MR) is 104 cm³/mol. The van der Waals surface area contributed by atoms with E-state index in [0.29, 0.717) is 36.1 Å². The Morgan fingerprint density at radius 3 is 2.81 bits per heavy atom. The number of likely N-dealkylation sites (N-methyl/N-ethyl adjacent to an activating group) is 1. The van der Waals surface area contributed by atoms with Crippen molar-refractivity contribution >= 4 is 23.2 Å². The van der Waals surface area contributed by atoms with E-state index in [-0.39, 0.29) is 5.91 Å². The van der Waals surface area contributed by atoms with Gasteiger partial charge in [0.2, 0.25) is 0 Å². The molecule has 0 bridgehead atoms. The molecule has 0 aliphatic carbocycles. The van der Waals surface area contributed by atoms with Crippen molar-refractivity contribution in [3.8, 4) is 11.4 Å². The number of ether oxygens (including phenoxy) is 1. The van der Waals surface area contributed by atoms with Crippen LogP contribution in [-0.2, 0) is 4.79 Å². The molecule has 1 unspecified atom stereocenters. The fourth-order valence-electron chi connectivity index (χ4n) is 2.56. The first-order valence-electron chi connectivity index (χ1n) is 8.55. The first-order valence-corrected chi connectivity index (χ1v) is 8.93. The molecule has 1 amide bonds. The van der Waals surface area contributed by atoms with Crippen LogP contribution in [-0.4, -0.2) is 47.4 Å². The van der Waals surface area contributed by atoms with Crippen LogP contribution < -0.4 is 15.0 Å². The molecule has 0 radical (unpaired) electrons. The molecule has 3 aromatic rings. The molecular weight excluding hydrogens is 366 g/mol. The molecule has 140 valence electrons. The van der Waals surface area contributed by atoms with Crippen molar-refractivity contribution in [2.45, 2.75) is 0 Å². The number of amides is 1. The van der Waals surface area contributed by atoms with Crippen LogP contribution >= 0.6 is 11.6 Å². The number of nitrogens with one attached hydrogen (secondary N) is 2. The standard InChI is InChI=1S/C19H20ClN5O2/c1-24(9-10-27-16-5-3-2-4-6-16)12-19(26)23-17-11-15(20)7-8-18(17)25-14-21-13-22-25/h2-8,11,13-14H,9-10,12H2,1H3,(H,23,26)/p+1. The third-order valence-corrected chi connectivity index (χ3v) is 4.14. The molecule has 7 nitrogen and oxygen atoms in total. The minimum absolute atomic E-state index is 0.115. The smallest absolute Gasteiger partial charge is 0.279 e. The van der Waals surface area contributed by atoms with Crippen molar-refractivity contribution in [3.63, 3.8) is 0 Å². The van der Waals surface area contributed by atoms with Gasteiger partial charge in [0.05, 0.1) is 18.4 Å². The number of quaternary nitrogens is 1. The van der Waals surface area contributed by atoms with Gasteiger partial charge in [-0.3, -0.25) is 4.79 Å². The van der Waals surface area contributed by atoms with Gasteiger partial charge in [-0.1, -0.05) is 29.8 Å². The Kier molecular flexibility index (Phi) is 6.40. The van der Waals surface area contributed by atoms with Crippen molar-refractivity contribution < 1.29 is 14.4 Å². The average Bonchev–Trinajstić information content (AvgIpc) is 3.17. The quantitative estimate of drug-likeness (QED) is 0.614. The summed E-state index contributed by atoms with van der Waals surface area (Å²) in [6, 6.07) is 14.8. The van der Waals surface area contributed by atoms with Crippen molar-refractivity contribution in [3.05, 3.63) is 66.2 Å². The number of carbonyl (C=O) groups is 1. The highest BCUT2D eigenvalue weighted by Crippen LogP contribution is 2.23. The maximum absolute atomic E-state index is 12.4. The summed E-state index contributed by atoms with van der Waals surface area (Å²) in [5.74, 6) is 0.710. The van der Waals surface area contributed by atoms with Crippen molar-refractivity contribution in [1.29, 1.82) is 0 Å². The summed E-state index contributed by atoms with van der Waals surface area (Å²) >= 11 is 6.08. The van der Waals surface area contributed by atoms with E-state index in [1.807, 2.05) is 37.4 Å². The molecule has 1 atom stereocenters. The van der Waals surface area contributed by atoms with Crippen molar-refractivity contribution in [2.24, 2.45) is 0 Å². The van der Waals surface area contributed by atoms with Crippen LogP contribution in [0.2, 0.25) is 5.02 Å². The molecule has 8 heteroatoms. The molecule has 0 saturated carbocycles. The van der Waals surface area contributed by atoms with Crippen LogP contribution in [0, 0.1) is 0 Å². The van der Waals surface area contributed by atoms with Crippen LogP contribution in [0.25, 0.3) is 5.69 Å². The SMILES string of the molecule is C[NH+](CCOc1ccccc1)CC(=O)Nc1cc(Cl)ccc1-n1cncn1. The Balaban J connectivity index is 1.54. The summed E-state index contributed by atoms with van der Waals surface area (Å²) in [5, 5.41) is 7.54. The number of benzene rings is 2. The Morgan fingerprint density at radius 1 is 1.26 bits per heavy atom. The fraction of sp³-hybridized carbons (Fsp3) is 0.211. The molecule has 0 spiro atoms. The summed E-state index contributed by atoms with van der Waals surface area (Å²) in [5.41, 5.74) is 1.29. The van der Waals surface area contributed by atoms with Gasteiger partial charge in [-0.05, 0) is 30.3 Å². The van der Waals surface area contributed by atoms with E-state index in [9.17, 15) is 4.79 Å². The van der Waals surface area contributed by atoms with Crippen molar-refractivity contribution in [1.82, 2.24) is 14.8 Å². The molecule has 1 heterocycles. The van der Waals surface area contributed by atoms with E-state index in [2.05, 4.69) is 15.4 Å². The van der Waals surface area contributed by atoms with Gasteiger partial charge in [0.15, 0.2) is 6.54 Å². The molecule has 0 fully saturated rings. The zero-order valence-electron chi connectivity index (χ0n) is 14.9. The lowest BCUT2D eigenvalue weighted by Gasteiger charge is -2.15. The molecule has 2 N–H and O–H groups in total. The van der Waals surface area contributed by atoms with Gasteiger partial charge >= 0.3 is 0 Å². The van der Waals surface area contributed by atoms with Gasteiger partial charge in [0.1, 0.15) is 31.6 Å². The zero-order chi connectivity index (χ0) is 19.1. The van der Waals surface area contributed by atoms with Crippen LogP contribution in [0.15, 0.2) is 61.2 Å². The van der Waals surface area contributed by atoms with Crippen molar-refractivity contribution in [2.75, 3.05) is 32.1 Å². The van der Waals surface area contributed by atoms with Gasteiger partial charge in [-0.2, -0.15) is 5.10 Å². The fourth-order valence-corrected chi connectivity index (χ4v) is 2.73. The topological polar surface area (TPSA) is 73.5 Å². The third-order valence-electron chi connectivity index (χ3n) is 3.90. The normalized spacial score (nSPS) is 11.8. The van der Waals surface area contributed by atoms with Crippen LogP contribution in [0.3, 0.4) is 0 Å². The summed E-state index contributed by atoms with van der Waals surface area (Å²) < 4.78 is 7.25. The second kappa shape index (κ2) is 9.16. The van der Waals surface area contributed by atoms with Gasteiger partial charge in [0.25, 0.3) is 5.91 Å². The largest absolute Gasteiger partial charge is 0.488 e. The monoisotopic (exact) mass is 386 g/mol. The number of nitrogens with zero attached hydrogens (tertiary/aromatic N) is 3. The number of carbonyl (C=O) groups excluding carboxylic acids is 1. The lowest BCUT2D eigenvalue weighted by molar-refractivity contribution is -0.871. The first kappa shape index (κ1) is 18.9. The van der Waals surface area contributed by atoms with Gasteiger partial charge < -0.3 is 15.0 Å². The number of rotatable bonds is 8. The number of anilines is 1. The minimum Gasteiger partial charge on any atom is -0.488 e. The van der Waals surface area contributed by atoms with Crippen LogP contribution in [0.4, 0.5) is 5.69 Å². The van der Waals surface area contributed by atoms with E-state index in [0.717, 1.165) is 10.6 Å². The maximum atomic E-state index is 12.4. The lowest BCUT2D eigenvalue weighted by Crippen LogP contribution is -3.10. The number of hydrogen-bond donors (Lipinski definition) is 2. The van der Waals surface area contributed by atoms with Crippen LogP contribution in [0.1, 0.15) is 0 Å². The molecule has 0 aliphatic heterocycles. The van der Waals surface area contributed by atoms with Gasteiger partial charge in [-0.15, -0.1) is 0 Å². The summed E-state index contributed by atoms with van der Waals surface area (Å²) in [7, 11) is 1.95. The van der Waals surface area contributed by atoms with E-state index in [4.69, 9.17) is 16.3 Å². The Labute approximate surface area is 162 Å². The Hall–Kier alpha value is -2.90. The van der Waals surface area contributed by atoms with E-state index >= 15 is 0 Å². The lowest BCUT2D eigenvalue weighted by atomic mass is 10.2. The van der Waals surface area contributed by atoms with Crippen LogP contribution in [0.5, 0.6) is 5.75 Å². The van der Waals surface area contributed by atoms with E-state index in [1.165, 1.54) is 6.33 Å². The highest BCUT2D eigenvalue weighted by atomic mass is 35.5. The molecule has 2 aromatic carbocycles. The summed E-state index contributed by atoms with van der Waals surface area (Å²) in [6.07, 6.45) is 3.00. The number of halogens is 1. The number of hydrogen-bond acceptors (Lipinski definition) is 4. The van der Waals surface area contributed by atoms with E-state index < -0.39 is 0 Å². The number of aromatic nitrogens is 3. The second-order valence-electron chi connectivity index (χ2n) is 6.10. The molecular formula is C19H21ClN5O2+. The number of para-hydroxylation sites is 1. The summed E-state index contributed by atoms with van der Waals surface area (Å²) in [4.78, 5) is 17.4. The Bertz CT molecular complexity index is 871. The average molecular weight is 387 g/mol. The molecule has 0 aliphatic rings. The summed E-state index contributed by atoms with van der Waals surface area (Å²) in [6.45, 7) is 1.54. The molecule has 0 saturated heterocycles. The highest BCUT2D eigenvalue weighted by molar-refractivity contribution is 6.31. The maximum Gasteiger partial charge on any atom is 0.279 e. The second-order valence-corrected chi connectivity index (χ2v) is 6.53.